The van der Waals surface area contributed by atoms with E-state index < -0.39 is 10.6 Å². The molecule has 8 nitrogen and oxygen atoms in total. The highest BCUT2D eigenvalue weighted by Gasteiger charge is 2.27. The summed E-state index contributed by atoms with van der Waals surface area (Å²) in [5.74, 6) is 1.06. The van der Waals surface area contributed by atoms with Gasteiger partial charge in [-0.3, -0.25) is 9.11 Å². The van der Waals surface area contributed by atoms with Gasteiger partial charge in [-0.1, -0.05) is 29.8 Å². The Hall–Kier alpha value is -3.01. The molecule has 9 heteroatoms. The fourth-order valence-corrected chi connectivity index (χ4v) is 5.73. The SMILES string of the molecule is Cc1ccc2nc(N3CCS(O)(O)c4ccccc4C3)cc(NC[C@H]3COC(N)=N3)c2c1. The molecule has 0 bridgehead atoms. The van der Waals surface area contributed by atoms with Crippen molar-refractivity contribution >= 4 is 39.0 Å². The summed E-state index contributed by atoms with van der Waals surface area (Å²) >= 11 is 0. The Kier molecular flexibility index (Phi) is 5.32. The van der Waals surface area contributed by atoms with Crippen LogP contribution >= 0.6 is 10.6 Å². The summed E-state index contributed by atoms with van der Waals surface area (Å²) in [4.78, 5) is 12.0. The molecule has 1 aromatic heterocycles. The number of fused-ring (bicyclic) bond motifs is 2. The number of hydrogen-bond acceptors (Lipinski definition) is 8. The molecule has 32 heavy (non-hydrogen) atoms. The summed E-state index contributed by atoms with van der Waals surface area (Å²) in [7, 11) is -2.83. The first kappa shape index (κ1) is 20.9. The van der Waals surface area contributed by atoms with Gasteiger partial charge in [-0.25, -0.2) is 9.98 Å². The van der Waals surface area contributed by atoms with Crippen LogP contribution in [0.1, 0.15) is 11.1 Å². The molecule has 0 fully saturated rings. The Morgan fingerprint density at radius 1 is 1.22 bits per heavy atom. The van der Waals surface area contributed by atoms with Gasteiger partial charge < -0.3 is 20.7 Å². The molecule has 1 atom stereocenters. The fourth-order valence-electron chi connectivity index (χ4n) is 4.18. The molecule has 5 rings (SSSR count). The van der Waals surface area contributed by atoms with Gasteiger partial charge in [0.15, 0.2) is 0 Å². The Labute approximate surface area is 188 Å². The lowest BCUT2D eigenvalue weighted by molar-refractivity contribution is 0.316. The first-order valence-electron chi connectivity index (χ1n) is 10.6. The molecule has 2 aliphatic rings. The Morgan fingerprint density at radius 3 is 2.88 bits per heavy atom. The molecule has 0 saturated heterocycles. The number of nitrogens with zero attached hydrogens (tertiary/aromatic N) is 3. The molecule has 0 unspecified atom stereocenters. The van der Waals surface area contributed by atoms with E-state index in [9.17, 15) is 9.11 Å². The van der Waals surface area contributed by atoms with Crippen molar-refractivity contribution in [3.05, 3.63) is 59.7 Å². The van der Waals surface area contributed by atoms with Gasteiger partial charge in [0, 0.05) is 36.8 Å². The van der Waals surface area contributed by atoms with E-state index in [1.54, 1.807) is 0 Å². The molecule has 0 aliphatic carbocycles. The lowest BCUT2D eigenvalue weighted by Crippen LogP contribution is -2.26. The number of nitrogens with one attached hydrogen (secondary N) is 1. The second-order valence-corrected chi connectivity index (χ2v) is 10.4. The zero-order valence-electron chi connectivity index (χ0n) is 17.9. The number of rotatable bonds is 4. The van der Waals surface area contributed by atoms with E-state index in [0.717, 1.165) is 33.5 Å². The molecule has 0 saturated carbocycles. The van der Waals surface area contributed by atoms with Crippen molar-refractivity contribution in [2.24, 2.45) is 10.7 Å². The monoisotopic (exact) mass is 453 g/mol. The van der Waals surface area contributed by atoms with Gasteiger partial charge in [-0.05, 0) is 30.7 Å². The Morgan fingerprint density at radius 2 is 2.06 bits per heavy atom. The second-order valence-electron chi connectivity index (χ2n) is 8.26. The van der Waals surface area contributed by atoms with Crippen molar-refractivity contribution < 1.29 is 13.8 Å². The second kappa shape index (κ2) is 8.16. The summed E-state index contributed by atoms with van der Waals surface area (Å²) in [5.41, 5.74) is 9.55. The van der Waals surface area contributed by atoms with E-state index in [4.69, 9.17) is 15.5 Å². The number of nitrogens with two attached hydrogens (primary N) is 1. The maximum absolute atomic E-state index is 10.7. The minimum absolute atomic E-state index is 0.0375. The number of amidine groups is 1. The van der Waals surface area contributed by atoms with Crippen molar-refractivity contribution in [1.29, 1.82) is 0 Å². The summed E-state index contributed by atoms with van der Waals surface area (Å²) in [5, 5.41) is 4.54. The van der Waals surface area contributed by atoms with Crippen LogP contribution in [-0.2, 0) is 11.3 Å². The van der Waals surface area contributed by atoms with Crippen LogP contribution in [0, 0.1) is 6.92 Å². The molecule has 2 aromatic carbocycles. The van der Waals surface area contributed by atoms with Crippen LogP contribution in [0.5, 0.6) is 0 Å². The van der Waals surface area contributed by atoms with E-state index in [1.165, 1.54) is 0 Å². The summed E-state index contributed by atoms with van der Waals surface area (Å²) in [6, 6.07) is 16.0. The van der Waals surface area contributed by atoms with Crippen molar-refractivity contribution in [1.82, 2.24) is 4.98 Å². The molecule has 168 valence electrons. The molecule has 0 spiro atoms. The molecule has 5 N–H and O–H groups in total. The number of ether oxygens (including phenoxy) is 1. The van der Waals surface area contributed by atoms with Crippen LogP contribution < -0.4 is 16.0 Å². The number of aliphatic imine (C=N–C) groups is 1. The minimum Gasteiger partial charge on any atom is -0.463 e. The van der Waals surface area contributed by atoms with Gasteiger partial charge in [0.2, 0.25) is 0 Å². The molecule has 0 amide bonds. The standard InChI is InChI=1S/C23H27N5O3S/c1-15-6-7-19-18(10-15)20(25-12-17-14-31-23(24)26-17)11-22(27-19)28-8-9-32(29,30)21-5-3-2-4-16(21)13-28/h2-7,10-11,17,29-30H,8-9,12-14H2,1H3,(H2,24,26)(H,25,27)/t17-/m0/s1. The highest BCUT2D eigenvalue weighted by Crippen LogP contribution is 2.51. The average Bonchev–Trinajstić information content (AvgIpc) is 3.14. The molecule has 0 radical (unpaired) electrons. The molecule has 3 heterocycles. The number of benzene rings is 2. The van der Waals surface area contributed by atoms with Gasteiger partial charge in [0.1, 0.15) is 18.5 Å². The predicted octanol–water partition coefficient (Wildman–Crippen LogP) is 3.80. The van der Waals surface area contributed by atoms with E-state index in [-0.39, 0.29) is 17.8 Å². The van der Waals surface area contributed by atoms with Gasteiger partial charge >= 0.3 is 0 Å². The lowest BCUT2D eigenvalue weighted by Gasteiger charge is -2.32. The third-order valence-corrected chi connectivity index (χ3v) is 7.72. The summed E-state index contributed by atoms with van der Waals surface area (Å²) in [6.45, 7) is 4.18. The highest BCUT2D eigenvalue weighted by molar-refractivity contribution is 8.24. The predicted molar refractivity (Wildman–Crippen MR) is 130 cm³/mol. The van der Waals surface area contributed by atoms with Crippen molar-refractivity contribution in [2.75, 3.05) is 35.7 Å². The van der Waals surface area contributed by atoms with Crippen molar-refractivity contribution in [3.8, 4) is 0 Å². The van der Waals surface area contributed by atoms with Crippen LogP contribution in [-0.4, -0.2) is 51.6 Å². The largest absolute Gasteiger partial charge is 0.463 e. The summed E-state index contributed by atoms with van der Waals surface area (Å²) in [6.07, 6.45) is 0. The zero-order valence-corrected chi connectivity index (χ0v) is 18.7. The minimum atomic E-state index is -2.83. The van der Waals surface area contributed by atoms with Crippen LogP contribution in [0.2, 0.25) is 0 Å². The number of aromatic nitrogens is 1. The number of anilines is 2. The topological polar surface area (TPSA) is 116 Å². The first-order valence-corrected chi connectivity index (χ1v) is 12.3. The average molecular weight is 454 g/mol. The third-order valence-electron chi connectivity index (χ3n) is 5.87. The molecular formula is C23H27N5O3S. The molecular weight excluding hydrogens is 426 g/mol. The van der Waals surface area contributed by atoms with Gasteiger partial charge in [-0.15, -0.1) is 0 Å². The van der Waals surface area contributed by atoms with Gasteiger partial charge in [0.05, 0.1) is 16.2 Å². The van der Waals surface area contributed by atoms with E-state index in [1.807, 2.05) is 42.5 Å². The number of hydrogen-bond donors (Lipinski definition) is 4. The summed E-state index contributed by atoms with van der Waals surface area (Å²) < 4.78 is 26.7. The van der Waals surface area contributed by atoms with Gasteiger partial charge in [0.25, 0.3) is 6.02 Å². The Balaban J connectivity index is 1.51. The quantitative estimate of drug-likeness (QED) is 0.475. The van der Waals surface area contributed by atoms with Crippen LogP contribution in [0.3, 0.4) is 0 Å². The first-order chi connectivity index (χ1) is 15.4. The zero-order chi connectivity index (χ0) is 22.3. The van der Waals surface area contributed by atoms with Crippen molar-refractivity contribution in [3.63, 3.8) is 0 Å². The number of aryl methyl sites for hydroxylation is 1. The molecule has 2 aliphatic heterocycles. The van der Waals surface area contributed by atoms with Crippen LogP contribution in [0.4, 0.5) is 11.5 Å². The van der Waals surface area contributed by atoms with E-state index >= 15 is 0 Å². The van der Waals surface area contributed by atoms with Crippen LogP contribution in [0.15, 0.2) is 58.4 Å². The number of pyridine rings is 1. The van der Waals surface area contributed by atoms with Gasteiger partial charge in [-0.2, -0.15) is 10.6 Å². The smallest absolute Gasteiger partial charge is 0.282 e. The maximum atomic E-state index is 10.7. The Bertz CT molecular complexity index is 1200. The van der Waals surface area contributed by atoms with E-state index in [0.29, 0.717) is 31.1 Å². The van der Waals surface area contributed by atoms with E-state index in [2.05, 4.69) is 28.2 Å². The highest BCUT2D eigenvalue weighted by atomic mass is 32.3. The normalized spacial score (nSPS) is 20.8. The maximum Gasteiger partial charge on any atom is 0.282 e. The van der Waals surface area contributed by atoms with Crippen molar-refractivity contribution in [2.45, 2.75) is 24.4 Å². The third kappa shape index (κ3) is 4.06. The molecule has 3 aromatic rings. The lowest BCUT2D eigenvalue weighted by atomic mass is 10.1. The fraction of sp³-hybridized carbons (Fsp3) is 0.304. The van der Waals surface area contributed by atoms with Crippen LogP contribution in [0.25, 0.3) is 10.9 Å².